The zero-order chi connectivity index (χ0) is 12.9. The zero-order valence-corrected chi connectivity index (χ0v) is 11.5. The molecule has 2 fully saturated rings. The Morgan fingerprint density at radius 2 is 2.21 bits per heavy atom. The van der Waals surface area contributed by atoms with Crippen molar-refractivity contribution in [2.24, 2.45) is 5.92 Å². The molecular formula is C17H23NO. The van der Waals surface area contributed by atoms with Crippen molar-refractivity contribution in [2.45, 2.75) is 56.6 Å². The maximum absolute atomic E-state index is 9.45. The van der Waals surface area contributed by atoms with Crippen LogP contribution in [0.1, 0.15) is 48.8 Å². The van der Waals surface area contributed by atoms with Gasteiger partial charge in [-0.15, -0.1) is 0 Å². The molecule has 0 spiro atoms. The van der Waals surface area contributed by atoms with Crippen molar-refractivity contribution >= 4 is 0 Å². The van der Waals surface area contributed by atoms with Gasteiger partial charge in [-0.2, -0.15) is 0 Å². The molecule has 2 bridgehead atoms. The third-order valence-corrected chi connectivity index (χ3v) is 5.89. The first-order valence-electron chi connectivity index (χ1n) is 7.80. The smallest absolute Gasteiger partial charge is 0.0681 e. The zero-order valence-electron chi connectivity index (χ0n) is 11.5. The van der Waals surface area contributed by atoms with E-state index in [0.717, 1.165) is 11.5 Å². The average molecular weight is 257 g/mol. The van der Waals surface area contributed by atoms with Gasteiger partial charge in [-0.25, -0.2) is 0 Å². The quantitative estimate of drug-likeness (QED) is 0.810. The lowest BCUT2D eigenvalue weighted by atomic mass is 9.52. The third kappa shape index (κ3) is 1.63. The normalized spacial score (nSPS) is 36.5. The molecule has 1 aliphatic heterocycles. The number of benzene rings is 1. The highest BCUT2D eigenvalue weighted by Gasteiger charge is 2.51. The number of aliphatic hydroxyl groups excluding tert-OH is 1. The summed E-state index contributed by atoms with van der Waals surface area (Å²) in [5, 5.41) is 13.2. The average Bonchev–Trinajstić information content (AvgIpc) is 2.47. The highest BCUT2D eigenvalue weighted by molar-refractivity contribution is 5.43. The van der Waals surface area contributed by atoms with Gasteiger partial charge in [0.05, 0.1) is 6.61 Å². The molecule has 4 rings (SSSR count). The second-order valence-electron chi connectivity index (χ2n) is 6.67. The van der Waals surface area contributed by atoms with Crippen LogP contribution in [0.15, 0.2) is 18.2 Å². The van der Waals surface area contributed by atoms with Gasteiger partial charge in [0.15, 0.2) is 0 Å². The summed E-state index contributed by atoms with van der Waals surface area (Å²) in [6.07, 6.45) is 8.01. The molecule has 3 atom stereocenters. The molecule has 3 aliphatic rings. The lowest BCUT2D eigenvalue weighted by Gasteiger charge is -2.56. The van der Waals surface area contributed by atoms with Crippen LogP contribution in [-0.2, 0) is 18.4 Å². The summed E-state index contributed by atoms with van der Waals surface area (Å²) in [7, 11) is 0. The first kappa shape index (κ1) is 11.9. The van der Waals surface area contributed by atoms with Crippen molar-refractivity contribution in [1.29, 1.82) is 0 Å². The van der Waals surface area contributed by atoms with Gasteiger partial charge in [-0.3, -0.25) is 0 Å². The Labute approximate surface area is 115 Å². The van der Waals surface area contributed by atoms with E-state index in [-0.39, 0.29) is 6.61 Å². The van der Waals surface area contributed by atoms with Crippen LogP contribution in [0.5, 0.6) is 0 Å². The van der Waals surface area contributed by atoms with E-state index in [2.05, 4.69) is 23.5 Å². The van der Waals surface area contributed by atoms with E-state index >= 15 is 0 Å². The van der Waals surface area contributed by atoms with Crippen molar-refractivity contribution in [1.82, 2.24) is 5.32 Å². The Morgan fingerprint density at radius 3 is 3.11 bits per heavy atom. The molecular weight excluding hydrogens is 234 g/mol. The maximum Gasteiger partial charge on any atom is 0.0681 e. The minimum absolute atomic E-state index is 0.176. The molecule has 0 unspecified atom stereocenters. The molecule has 0 aromatic heterocycles. The van der Waals surface area contributed by atoms with E-state index in [1.165, 1.54) is 50.6 Å². The molecule has 1 heterocycles. The molecule has 1 saturated heterocycles. The summed E-state index contributed by atoms with van der Waals surface area (Å²) >= 11 is 0. The Hall–Kier alpha value is -0.860. The van der Waals surface area contributed by atoms with Crippen LogP contribution in [0.2, 0.25) is 0 Å². The largest absolute Gasteiger partial charge is 0.392 e. The summed E-state index contributed by atoms with van der Waals surface area (Å²) in [4.78, 5) is 0. The van der Waals surface area contributed by atoms with E-state index < -0.39 is 0 Å². The fraction of sp³-hybridized carbons (Fsp3) is 0.647. The number of piperidine rings is 1. The fourth-order valence-electron chi connectivity index (χ4n) is 5.07. The van der Waals surface area contributed by atoms with E-state index in [0.29, 0.717) is 11.5 Å². The highest BCUT2D eigenvalue weighted by atomic mass is 16.3. The van der Waals surface area contributed by atoms with Gasteiger partial charge in [0, 0.05) is 11.5 Å². The second kappa shape index (κ2) is 4.32. The Bertz CT molecular complexity index is 494. The van der Waals surface area contributed by atoms with Gasteiger partial charge < -0.3 is 10.4 Å². The lowest BCUT2D eigenvalue weighted by molar-refractivity contribution is 0.0796. The van der Waals surface area contributed by atoms with Gasteiger partial charge in [0.1, 0.15) is 0 Å². The molecule has 2 N–H and O–H groups in total. The summed E-state index contributed by atoms with van der Waals surface area (Å²) in [5.41, 5.74) is 4.64. The van der Waals surface area contributed by atoms with Gasteiger partial charge in [0.25, 0.3) is 0 Å². The topological polar surface area (TPSA) is 32.3 Å². The molecule has 102 valence electrons. The Morgan fingerprint density at radius 1 is 1.26 bits per heavy atom. The maximum atomic E-state index is 9.45. The number of rotatable bonds is 1. The number of fused-ring (bicyclic) bond motifs is 1. The number of hydrogen-bond donors (Lipinski definition) is 2. The number of aliphatic hydroxyl groups is 1. The van der Waals surface area contributed by atoms with Crippen LogP contribution in [0.4, 0.5) is 0 Å². The summed E-state index contributed by atoms with van der Waals surface area (Å²) in [5.74, 6) is 0.830. The van der Waals surface area contributed by atoms with Crippen LogP contribution >= 0.6 is 0 Å². The number of hydrogen-bond acceptors (Lipinski definition) is 2. The van der Waals surface area contributed by atoms with Crippen molar-refractivity contribution in [2.75, 3.05) is 6.54 Å². The van der Waals surface area contributed by atoms with Crippen molar-refractivity contribution in [3.05, 3.63) is 34.9 Å². The Kier molecular flexibility index (Phi) is 2.71. The van der Waals surface area contributed by atoms with Crippen molar-refractivity contribution < 1.29 is 5.11 Å². The third-order valence-electron chi connectivity index (χ3n) is 5.89. The van der Waals surface area contributed by atoms with E-state index in [1.807, 2.05) is 0 Å². The van der Waals surface area contributed by atoms with Gasteiger partial charge in [-0.05, 0) is 54.8 Å². The van der Waals surface area contributed by atoms with Crippen molar-refractivity contribution in [3.63, 3.8) is 0 Å². The van der Waals surface area contributed by atoms with E-state index in [1.54, 1.807) is 5.56 Å². The predicted molar refractivity (Wildman–Crippen MR) is 76.1 cm³/mol. The standard InChI is InChI=1S/C17H23NO/c19-11-12-4-5-13-10-16-14-3-1-2-6-17(14,7-8-18-16)15(13)9-12/h4-5,9,14,16,18-19H,1-3,6-8,10-11H2/t14-,16+,17+/m0/s1. The van der Waals surface area contributed by atoms with E-state index in [9.17, 15) is 5.11 Å². The molecule has 1 aromatic carbocycles. The van der Waals surface area contributed by atoms with Crippen molar-refractivity contribution in [3.8, 4) is 0 Å². The van der Waals surface area contributed by atoms with Crippen LogP contribution in [0.3, 0.4) is 0 Å². The first-order chi connectivity index (χ1) is 9.33. The fourth-order valence-corrected chi connectivity index (χ4v) is 5.07. The molecule has 1 aromatic rings. The molecule has 2 nitrogen and oxygen atoms in total. The lowest BCUT2D eigenvalue weighted by Crippen LogP contribution is -2.59. The summed E-state index contributed by atoms with van der Waals surface area (Å²) in [6, 6.07) is 7.39. The minimum atomic E-state index is 0.176. The Balaban J connectivity index is 1.88. The number of nitrogens with one attached hydrogen (secondary N) is 1. The summed E-state index contributed by atoms with van der Waals surface area (Å²) < 4.78 is 0. The first-order valence-corrected chi connectivity index (χ1v) is 7.80. The van der Waals surface area contributed by atoms with Crippen LogP contribution in [0, 0.1) is 5.92 Å². The SMILES string of the molecule is OCc1ccc2c(c1)[C@@]13CCCC[C@H]1[C@@H](C2)NCC3. The predicted octanol–water partition coefficient (Wildman–Crippen LogP) is 2.52. The van der Waals surface area contributed by atoms with Gasteiger partial charge in [0.2, 0.25) is 0 Å². The van der Waals surface area contributed by atoms with Crippen LogP contribution < -0.4 is 5.32 Å². The summed E-state index contributed by atoms with van der Waals surface area (Å²) in [6.45, 7) is 1.35. The van der Waals surface area contributed by atoms with E-state index in [4.69, 9.17) is 0 Å². The van der Waals surface area contributed by atoms with Gasteiger partial charge >= 0.3 is 0 Å². The van der Waals surface area contributed by atoms with Gasteiger partial charge in [-0.1, -0.05) is 31.0 Å². The molecule has 2 heteroatoms. The molecule has 1 saturated carbocycles. The molecule has 0 amide bonds. The van der Waals surface area contributed by atoms with Crippen LogP contribution in [0.25, 0.3) is 0 Å². The molecule has 19 heavy (non-hydrogen) atoms. The monoisotopic (exact) mass is 257 g/mol. The molecule has 0 radical (unpaired) electrons. The van der Waals surface area contributed by atoms with Crippen LogP contribution in [-0.4, -0.2) is 17.7 Å². The molecule has 2 aliphatic carbocycles. The highest BCUT2D eigenvalue weighted by Crippen LogP contribution is 2.53. The minimum Gasteiger partial charge on any atom is -0.392 e. The second-order valence-corrected chi connectivity index (χ2v) is 6.67.